The maximum Gasteiger partial charge on any atom is 0.139 e. The van der Waals surface area contributed by atoms with Gasteiger partial charge in [0.15, 0.2) is 0 Å². The molecule has 2 aromatic heterocycles. The van der Waals surface area contributed by atoms with Gasteiger partial charge in [0.25, 0.3) is 0 Å². The zero-order chi connectivity index (χ0) is 10.1. The van der Waals surface area contributed by atoms with Gasteiger partial charge < -0.3 is 4.98 Å². The van der Waals surface area contributed by atoms with Crippen LogP contribution in [0.2, 0.25) is 5.02 Å². The van der Waals surface area contributed by atoms with Crippen molar-refractivity contribution in [1.82, 2.24) is 9.97 Å². The first-order valence-corrected chi connectivity index (χ1v) is 5.35. The maximum atomic E-state index is 6.11. The number of aromatic nitrogens is 2. The first-order valence-electron chi connectivity index (χ1n) is 4.18. The number of hydrogen-bond acceptors (Lipinski definition) is 1. The van der Waals surface area contributed by atoms with E-state index in [1.165, 1.54) is 0 Å². The Morgan fingerprint density at radius 1 is 1.57 bits per heavy atom. The summed E-state index contributed by atoms with van der Waals surface area (Å²) in [7, 11) is 0. The van der Waals surface area contributed by atoms with E-state index in [2.05, 4.69) is 25.9 Å². The quantitative estimate of drug-likeness (QED) is 0.834. The zero-order valence-electron chi connectivity index (χ0n) is 7.51. The fraction of sp³-hybridized carbons (Fsp3) is 0.100. The highest BCUT2D eigenvalue weighted by molar-refractivity contribution is 9.10. The van der Waals surface area contributed by atoms with Gasteiger partial charge in [0.05, 0.1) is 9.50 Å². The summed E-state index contributed by atoms with van der Waals surface area (Å²) in [5.41, 5.74) is 1.82. The van der Waals surface area contributed by atoms with Crippen LogP contribution in [-0.2, 0) is 0 Å². The Hall–Kier alpha value is -0.800. The number of pyridine rings is 1. The Labute approximate surface area is 95.1 Å². The van der Waals surface area contributed by atoms with Gasteiger partial charge in [-0.2, -0.15) is 0 Å². The molecule has 0 spiro atoms. The van der Waals surface area contributed by atoms with Crippen LogP contribution in [0.5, 0.6) is 0 Å². The third kappa shape index (κ3) is 1.57. The molecule has 0 atom stereocenters. The predicted molar refractivity (Wildman–Crippen MR) is 63.5 cm³/mol. The summed E-state index contributed by atoms with van der Waals surface area (Å²) in [6.07, 6.45) is 5.64. The number of fused-ring (bicyclic) bond motifs is 1. The second kappa shape index (κ2) is 3.75. The van der Waals surface area contributed by atoms with Crippen molar-refractivity contribution in [2.45, 2.75) is 6.92 Å². The predicted octanol–water partition coefficient (Wildman–Crippen LogP) is 4.01. The van der Waals surface area contributed by atoms with E-state index in [0.717, 1.165) is 21.2 Å². The molecule has 0 aliphatic rings. The minimum Gasteiger partial charge on any atom is -0.340 e. The molecule has 2 aromatic rings. The molecule has 0 saturated carbocycles. The van der Waals surface area contributed by atoms with Gasteiger partial charge in [-0.15, -0.1) is 0 Å². The van der Waals surface area contributed by atoms with Gasteiger partial charge in [0.1, 0.15) is 5.65 Å². The molecular formula is C10H8BrClN2. The second-order valence-corrected chi connectivity index (χ2v) is 4.14. The van der Waals surface area contributed by atoms with Gasteiger partial charge in [0.2, 0.25) is 0 Å². The largest absolute Gasteiger partial charge is 0.340 e. The SMILES string of the molecule is CC=Cc1cc2c(Cl)c(Br)cnc2[nH]1. The lowest BCUT2D eigenvalue weighted by Crippen LogP contribution is -1.77. The number of nitrogens with zero attached hydrogens (tertiary/aromatic N) is 1. The van der Waals surface area contributed by atoms with E-state index in [1.54, 1.807) is 6.20 Å². The van der Waals surface area contributed by atoms with E-state index in [0.29, 0.717) is 5.02 Å². The molecule has 2 heterocycles. The first-order chi connectivity index (χ1) is 6.72. The van der Waals surface area contributed by atoms with Crippen LogP contribution in [0.1, 0.15) is 12.6 Å². The second-order valence-electron chi connectivity index (χ2n) is 2.91. The summed E-state index contributed by atoms with van der Waals surface area (Å²) in [6.45, 7) is 1.97. The molecule has 0 saturated heterocycles. The van der Waals surface area contributed by atoms with Gasteiger partial charge >= 0.3 is 0 Å². The van der Waals surface area contributed by atoms with Crippen molar-refractivity contribution >= 4 is 44.6 Å². The Balaban J connectivity index is 2.71. The average Bonchev–Trinajstić information content (AvgIpc) is 2.56. The molecular weight excluding hydrogens is 263 g/mol. The van der Waals surface area contributed by atoms with Gasteiger partial charge in [0, 0.05) is 17.3 Å². The van der Waals surface area contributed by atoms with Crippen molar-refractivity contribution in [1.29, 1.82) is 0 Å². The normalized spacial score (nSPS) is 11.6. The summed E-state index contributed by atoms with van der Waals surface area (Å²) < 4.78 is 0.817. The number of H-pyrrole nitrogens is 1. The minimum atomic E-state index is 0.696. The van der Waals surface area contributed by atoms with Crippen molar-refractivity contribution in [2.75, 3.05) is 0 Å². The standard InChI is InChI=1S/C10H8BrClN2/c1-2-3-6-4-7-9(12)8(11)5-13-10(7)14-6/h2-5H,1H3,(H,13,14). The molecule has 0 aliphatic heterocycles. The minimum absolute atomic E-state index is 0.696. The number of halogens is 2. The highest BCUT2D eigenvalue weighted by Gasteiger charge is 2.06. The molecule has 4 heteroatoms. The van der Waals surface area contributed by atoms with Crippen LogP contribution >= 0.6 is 27.5 Å². The van der Waals surface area contributed by atoms with Gasteiger partial charge in [-0.25, -0.2) is 4.98 Å². The number of nitrogens with one attached hydrogen (secondary N) is 1. The molecule has 0 radical (unpaired) electrons. The molecule has 14 heavy (non-hydrogen) atoms. The Morgan fingerprint density at radius 2 is 2.36 bits per heavy atom. The summed E-state index contributed by atoms with van der Waals surface area (Å²) >= 11 is 9.45. The first kappa shape index (κ1) is 9.74. The topological polar surface area (TPSA) is 28.7 Å². The Bertz CT molecular complexity index is 502. The summed E-state index contributed by atoms with van der Waals surface area (Å²) in [5.74, 6) is 0. The van der Waals surface area contributed by atoms with Crippen LogP contribution < -0.4 is 0 Å². The van der Waals surface area contributed by atoms with Crippen LogP contribution in [0.25, 0.3) is 17.1 Å². The molecule has 0 aliphatic carbocycles. The van der Waals surface area contributed by atoms with Crippen molar-refractivity contribution in [3.05, 3.63) is 33.5 Å². The maximum absolute atomic E-state index is 6.11. The van der Waals surface area contributed by atoms with Crippen molar-refractivity contribution in [3.8, 4) is 0 Å². The lowest BCUT2D eigenvalue weighted by atomic mass is 10.3. The molecule has 2 rings (SSSR count). The van der Waals surface area contributed by atoms with E-state index < -0.39 is 0 Å². The molecule has 0 bridgehead atoms. The molecule has 1 N–H and O–H groups in total. The number of aromatic amines is 1. The number of allylic oxidation sites excluding steroid dienone is 1. The van der Waals surface area contributed by atoms with Crippen molar-refractivity contribution < 1.29 is 0 Å². The number of rotatable bonds is 1. The van der Waals surface area contributed by atoms with Crippen LogP contribution in [0.3, 0.4) is 0 Å². The van der Waals surface area contributed by atoms with E-state index in [4.69, 9.17) is 11.6 Å². The van der Waals surface area contributed by atoms with E-state index in [1.807, 2.05) is 25.1 Å². The van der Waals surface area contributed by atoms with Crippen molar-refractivity contribution in [2.24, 2.45) is 0 Å². The highest BCUT2D eigenvalue weighted by atomic mass is 79.9. The summed E-state index contributed by atoms with van der Waals surface area (Å²) in [5, 5.41) is 1.64. The van der Waals surface area contributed by atoms with E-state index in [-0.39, 0.29) is 0 Å². The Kier molecular flexibility index (Phi) is 2.61. The number of hydrogen-bond donors (Lipinski definition) is 1. The fourth-order valence-electron chi connectivity index (χ4n) is 1.31. The molecule has 0 aromatic carbocycles. The lowest BCUT2D eigenvalue weighted by Gasteiger charge is -1.94. The third-order valence-corrected chi connectivity index (χ3v) is 3.15. The highest BCUT2D eigenvalue weighted by Crippen LogP contribution is 2.29. The van der Waals surface area contributed by atoms with Crippen LogP contribution in [0, 0.1) is 0 Å². The van der Waals surface area contributed by atoms with E-state index in [9.17, 15) is 0 Å². The molecule has 0 amide bonds. The van der Waals surface area contributed by atoms with Crippen LogP contribution in [0.4, 0.5) is 0 Å². The third-order valence-electron chi connectivity index (χ3n) is 1.92. The van der Waals surface area contributed by atoms with Crippen LogP contribution in [-0.4, -0.2) is 9.97 Å². The van der Waals surface area contributed by atoms with E-state index >= 15 is 0 Å². The van der Waals surface area contributed by atoms with Gasteiger partial charge in [-0.3, -0.25) is 0 Å². The van der Waals surface area contributed by atoms with Gasteiger partial charge in [-0.05, 0) is 35.0 Å². The molecule has 0 fully saturated rings. The summed E-state index contributed by atoms with van der Waals surface area (Å²) in [4.78, 5) is 7.39. The average molecular weight is 272 g/mol. The monoisotopic (exact) mass is 270 g/mol. The molecule has 0 unspecified atom stereocenters. The van der Waals surface area contributed by atoms with Crippen LogP contribution in [0.15, 0.2) is 22.8 Å². The van der Waals surface area contributed by atoms with Gasteiger partial charge in [-0.1, -0.05) is 17.7 Å². The van der Waals surface area contributed by atoms with Crippen molar-refractivity contribution in [3.63, 3.8) is 0 Å². The zero-order valence-corrected chi connectivity index (χ0v) is 9.85. The molecule has 72 valence electrons. The lowest BCUT2D eigenvalue weighted by molar-refractivity contribution is 1.30. The fourth-order valence-corrected chi connectivity index (χ4v) is 1.82. The Morgan fingerprint density at radius 3 is 3.07 bits per heavy atom. The smallest absolute Gasteiger partial charge is 0.139 e. The molecule has 2 nitrogen and oxygen atoms in total. The summed E-state index contributed by atoms with van der Waals surface area (Å²) in [6, 6.07) is 1.98.